The van der Waals surface area contributed by atoms with Crippen molar-refractivity contribution in [3.63, 3.8) is 0 Å². The molecule has 0 bridgehead atoms. The number of rotatable bonds is 6. The molecule has 1 aliphatic heterocycles. The first-order chi connectivity index (χ1) is 15.0. The molecule has 1 N–H and O–H groups in total. The average Bonchev–Trinajstić information content (AvgIpc) is 3.03. The van der Waals surface area contributed by atoms with Crippen molar-refractivity contribution < 1.29 is 14.3 Å². The highest BCUT2D eigenvalue weighted by Crippen LogP contribution is 2.28. The van der Waals surface area contributed by atoms with Crippen molar-refractivity contribution in [1.82, 2.24) is 10.2 Å². The van der Waals surface area contributed by atoms with Crippen molar-refractivity contribution in [3.8, 4) is 5.75 Å². The Morgan fingerprint density at radius 1 is 0.968 bits per heavy atom. The number of carbonyl (C=O) groups excluding carboxylic acids is 2. The molecule has 6 heteroatoms. The number of hydrogen-bond donors (Lipinski definition) is 1. The number of imide groups is 1. The molecule has 1 aliphatic rings. The summed E-state index contributed by atoms with van der Waals surface area (Å²) in [5, 5.41) is 2.67. The molecule has 31 heavy (non-hydrogen) atoms. The Kier molecular flexibility index (Phi) is 6.18. The van der Waals surface area contributed by atoms with E-state index >= 15 is 0 Å². The predicted molar refractivity (Wildman–Crippen MR) is 123 cm³/mol. The Morgan fingerprint density at radius 3 is 2.42 bits per heavy atom. The fraction of sp³-hybridized carbons (Fsp3) is 0.120. The minimum absolute atomic E-state index is 0.234. The van der Waals surface area contributed by atoms with Gasteiger partial charge in [0, 0.05) is 0 Å². The van der Waals surface area contributed by atoms with E-state index in [9.17, 15) is 9.59 Å². The lowest BCUT2D eigenvalue weighted by Crippen LogP contribution is -2.30. The van der Waals surface area contributed by atoms with E-state index < -0.39 is 6.03 Å². The van der Waals surface area contributed by atoms with Crippen LogP contribution in [-0.2, 0) is 17.9 Å². The second-order valence-corrected chi connectivity index (χ2v) is 8.18. The zero-order valence-corrected chi connectivity index (χ0v) is 18.6. The number of amides is 3. The number of ether oxygens (including phenoxy) is 1. The van der Waals surface area contributed by atoms with Crippen LogP contribution in [0, 0.1) is 6.92 Å². The minimum atomic E-state index is -0.418. The van der Waals surface area contributed by atoms with Crippen molar-refractivity contribution in [3.05, 3.63) is 105 Å². The Hall–Kier alpha value is -3.38. The third kappa shape index (κ3) is 5.03. The summed E-state index contributed by atoms with van der Waals surface area (Å²) in [6.07, 6.45) is 1.67. The molecular weight excluding hydrogens is 456 g/mol. The van der Waals surface area contributed by atoms with Crippen LogP contribution >= 0.6 is 15.9 Å². The predicted octanol–water partition coefficient (Wildman–Crippen LogP) is 5.43. The SMILES string of the molecule is Cc1ccc(CN2C(=O)N/C(=C/c3ccc(OCc4ccccc4)c(Br)c3)C2=O)cc1. The molecule has 0 radical (unpaired) electrons. The quantitative estimate of drug-likeness (QED) is 0.381. The lowest BCUT2D eigenvalue weighted by atomic mass is 10.1. The van der Waals surface area contributed by atoms with Crippen molar-refractivity contribution in [2.45, 2.75) is 20.1 Å². The maximum atomic E-state index is 12.7. The Balaban J connectivity index is 1.45. The van der Waals surface area contributed by atoms with Gasteiger partial charge in [-0.3, -0.25) is 9.69 Å². The third-order valence-electron chi connectivity index (χ3n) is 4.93. The number of benzene rings is 3. The molecule has 1 heterocycles. The van der Waals surface area contributed by atoms with Crippen molar-refractivity contribution in [1.29, 1.82) is 0 Å². The van der Waals surface area contributed by atoms with Gasteiger partial charge in [-0.05, 0) is 57.8 Å². The second-order valence-electron chi connectivity index (χ2n) is 7.33. The second kappa shape index (κ2) is 9.18. The van der Waals surface area contributed by atoms with Crippen LogP contribution in [0.3, 0.4) is 0 Å². The summed E-state index contributed by atoms with van der Waals surface area (Å²) in [5.74, 6) is 0.361. The molecule has 156 valence electrons. The summed E-state index contributed by atoms with van der Waals surface area (Å²) in [6.45, 7) is 2.69. The molecule has 1 fully saturated rings. The highest BCUT2D eigenvalue weighted by Gasteiger charge is 2.33. The van der Waals surface area contributed by atoms with Gasteiger partial charge in [-0.15, -0.1) is 0 Å². The number of urea groups is 1. The molecular formula is C25H21BrN2O3. The molecule has 0 aromatic heterocycles. The normalized spacial score (nSPS) is 14.8. The fourth-order valence-electron chi connectivity index (χ4n) is 3.22. The molecule has 0 unspecified atom stereocenters. The molecule has 5 nitrogen and oxygen atoms in total. The number of aryl methyl sites for hydroxylation is 1. The van der Waals surface area contributed by atoms with Gasteiger partial charge in [-0.1, -0.05) is 66.2 Å². The first-order valence-corrected chi connectivity index (χ1v) is 10.7. The van der Waals surface area contributed by atoms with Gasteiger partial charge < -0.3 is 10.1 Å². The number of nitrogens with one attached hydrogen (secondary N) is 1. The molecule has 1 saturated heterocycles. The zero-order valence-electron chi connectivity index (χ0n) is 17.0. The molecule has 0 spiro atoms. The summed E-state index contributed by atoms with van der Waals surface area (Å²) < 4.78 is 6.63. The summed E-state index contributed by atoms with van der Waals surface area (Å²) in [5.41, 5.74) is 4.14. The Bertz CT molecular complexity index is 1140. The number of halogens is 1. The van der Waals surface area contributed by atoms with Crippen LogP contribution < -0.4 is 10.1 Å². The number of carbonyl (C=O) groups is 2. The summed E-state index contributed by atoms with van der Waals surface area (Å²) in [4.78, 5) is 26.3. The average molecular weight is 477 g/mol. The van der Waals surface area contributed by atoms with Gasteiger partial charge >= 0.3 is 6.03 Å². The summed E-state index contributed by atoms with van der Waals surface area (Å²) in [6, 6.07) is 22.8. The van der Waals surface area contributed by atoms with E-state index in [-0.39, 0.29) is 18.1 Å². The third-order valence-corrected chi connectivity index (χ3v) is 5.55. The lowest BCUT2D eigenvalue weighted by Gasteiger charge is -2.12. The van der Waals surface area contributed by atoms with E-state index in [1.165, 1.54) is 4.90 Å². The van der Waals surface area contributed by atoms with Gasteiger partial charge in [0.05, 0.1) is 11.0 Å². The number of hydrogen-bond acceptors (Lipinski definition) is 3. The standard InChI is InChI=1S/C25H21BrN2O3/c1-17-7-9-18(10-8-17)15-28-24(29)22(27-25(28)30)14-20-11-12-23(21(26)13-20)31-16-19-5-3-2-4-6-19/h2-14H,15-16H2,1H3,(H,27,30)/b22-14+. The van der Waals surface area contributed by atoms with Gasteiger partial charge in [-0.2, -0.15) is 0 Å². The summed E-state index contributed by atoms with van der Waals surface area (Å²) >= 11 is 3.52. The van der Waals surface area contributed by atoms with Gasteiger partial charge in [0.15, 0.2) is 0 Å². The molecule has 3 aromatic carbocycles. The van der Waals surface area contributed by atoms with Crippen LogP contribution in [-0.4, -0.2) is 16.8 Å². The van der Waals surface area contributed by atoms with E-state index in [2.05, 4.69) is 21.2 Å². The number of nitrogens with zero attached hydrogens (tertiary/aromatic N) is 1. The van der Waals surface area contributed by atoms with Crippen LogP contribution in [0.4, 0.5) is 4.79 Å². The van der Waals surface area contributed by atoms with Crippen molar-refractivity contribution in [2.75, 3.05) is 0 Å². The van der Waals surface area contributed by atoms with E-state index in [1.54, 1.807) is 6.08 Å². The first kappa shape index (κ1) is 20.9. The molecule has 3 amide bonds. The van der Waals surface area contributed by atoms with E-state index in [0.29, 0.717) is 12.4 Å². The smallest absolute Gasteiger partial charge is 0.329 e. The van der Waals surface area contributed by atoms with Crippen LogP contribution in [0.2, 0.25) is 0 Å². The van der Waals surface area contributed by atoms with Crippen molar-refractivity contribution >= 4 is 33.9 Å². The molecule has 0 saturated carbocycles. The Labute approximate surface area is 189 Å². The van der Waals surface area contributed by atoms with Crippen LogP contribution in [0.15, 0.2) is 83.0 Å². The monoisotopic (exact) mass is 476 g/mol. The van der Waals surface area contributed by atoms with Crippen molar-refractivity contribution in [2.24, 2.45) is 0 Å². The first-order valence-electron chi connectivity index (χ1n) is 9.86. The van der Waals surface area contributed by atoms with Gasteiger partial charge in [-0.25, -0.2) is 4.79 Å². The van der Waals surface area contributed by atoms with E-state index in [1.807, 2.05) is 79.7 Å². The topological polar surface area (TPSA) is 58.6 Å². The molecule has 3 aromatic rings. The largest absolute Gasteiger partial charge is 0.488 e. The van der Waals surface area contributed by atoms with Gasteiger partial charge in [0.1, 0.15) is 18.1 Å². The maximum Gasteiger partial charge on any atom is 0.329 e. The van der Waals surface area contributed by atoms with E-state index in [4.69, 9.17) is 4.74 Å². The van der Waals surface area contributed by atoms with E-state index in [0.717, 1.165) is 26.7 Å². The van der Waals surface area contributed by atoms with Gasteiger partial charge in [0.2, 0.25) is 0 Å². The summed E-state index contributed by atoms with van der Waals surface area (Å²) in [7, 11) is 0. The van der Waals surface area contributed by atoms with Crippen LogP contribution in [0.25, 0.3) is 6.08 Å². The van der Waals surface area contributed by atoms with Gasteiger partial charge in [0.25, 0.3) is 5.91 Å². The Morgan fingerprint density at radius 2 is 1.71 bits per heavy atom. The fourth-order valence-corrected chi connectivity index (χ4v) is 3.73. The molecule has 0 aliphatic carbocycles. The minimum Gasteiger partial charge on any atom is -0.488 e. The highest BCUT2D eigenvalue weighted by molar-refractivity contribution is 9.10. The lowest BCUT2D eigenvalue weighted by molar-refractivity contribution is -0.123. The maximum absolute atomic E-state index is 12.7. The van der Waals surface area contributed by atoms with Crippen LogP contribution in [0.1, 0.15) is 22.3 Å². The highest BCUT2D eigenvalue weighted by atomic mass is 79.9. The molecule has 0 atom stereocenters. The zero-order chi connectivity index (χ0) is 21.8. The molecule has 4 rings (SSSR count). The van der Waals surface area contributed by atoms with Crippen LogP contribution in [0.5, 0.6) is 5.75 Å².